The second-order valence-corrected chi connectivity index (χ2v) is 13.7. The highest BCUT2D eigenvalue weighted by atomic mass is 32.2. The average Bonchev–Trinajstić information content (AvgIpc) is 3.09. The van der Waals surface area contributed by atoms with E-state index in [-0.39, 0.29) is 24.0 Å². The van der Waals surface area contributed by atoms with Gasteiger partial charge in [0.15, 0.2) is 34.5 Å². The highest BCUT2D eigenvalue weighted by Gasteiger charge is 2.28. The minimum Gasteiger partial charge on any atom is -0.493 e. The van der Waals surface area contributed by atoms with Crippen molar-refractivity contribution in [3.05, 3.63) is 106 Å². The van der Waals surface area contributed by atoms with Crippen LogP contribution in [-0.4, -0.2) is 84.9 Å². The maximum atomic E-state index is 12.0. The van der Waals surface area contributed by atoms with Gasteiger partial charge in [-0.3, -0.25) is 9.45 Å². The minimum atomic E-state index is -4.45. The minimum absolute atomic E-state index is 0.0618. The molecule has 0 fully saturated rings. The molecule has 0 amide bonds. The Morgan fingerprint density at radius 1 is 0.860 bits per heavy atom. The van der Waals surface area contributed by atoms with Crippen LogP contribution in [0.4, 0.5) is 0 Å². The standard InChI is InChI=1S/C38H46N2O9S/c1-25(44-4)33-21-28(24-50(41,42)43)13-16-39(2)15-12-27-19-36(46-6)38(47-7)37(20-27)49-35-23-31-29(22-34(35)45-5)14-17-40(3)32(31)18-26-8-10-30(48-33)11-9-26/h8-11,19-24,32H,1,12-18H2,2-7H3,(H,41,42,43)/b28-24+,33-21+/t32-/m0/s1. The molecule has 3 heterocycles. The van der Waals surface area contributed by atoms with Gasteiger partial charge in [-0.15, -0.1) is 0 Å². The molecule has 268 valence electrons. The van der Waals surface area contributed by atoms with Crippen LogP contribution in [0.1, 0.15) is 34.7 Å². The van der Waals surface area contributed by atoms with Crippen LogP contribution in [0, 0.1) is 0 Å². The van der Waals surface area contributed by atoms with E-state index in [0.29, 0.717) is 59.6 Å². The zero-order chi connectivity index (χ0) is 36.0. The van der Waals surface area contributed by atoms with Crippen molar-refractivity contribution >= 4 is 10.1 Å². The molecule has 0 unspecified atom stereocenters. The first-order valence-electron chi connectivity index (χ1n) is 16.3. The molecule has 0 aromatic heterocycles. The van der Waals surface area contributed by atoms with Crippen molar-refractivity contribution in [2.24, 2.45) is 0 Å². The van der Waals surface area contributed by atoms with Gasteiger partial charge in [0.2, 0.25) is 5.75 Å². The number of methoxy groups -OCH3 is 4. The molecule has 0 saturated carbocycles. The molecule has 6 rings (SSSR count). The topological polar surface area (TPSA) is 116 Å². The van der Waals surface area contributed by atoms with Crippen LogP contribution >= 0.6 is 0 Å². The van der Waals surface area contributed by atoms with E-state index < -0.39 is 10.1 Å². The van der Waals surface area contributed by atoms with Gasteiger partial charge in [-0.2, -0.15) is 8.42 Å². The Labute approximate surface area is 295 Å². The second-order valence-electron chi connectivity index (χ2n) is 12.5. The summed E-state index contributed by atoms with van der Waals surface area (Å²) in [6.45, 7) is 5.92. The van der Waals surface area contributed by atoms with Gasteiger partial charge in [-0.1, -0.05) is 18.7 Å². The predicted molar refractivity (Wildman–Crippen MR) is 192 cm³/mol. The Morgan fingerprint density at radius 3 is 2.24 bits per heavy atom. The first-order chi connectivity index (χ1) is 23.9. The third-order valence-corrected chi connectivity index (χ3v) is 9.66. The van der Waals surface area contributed by atoms with Gasteiger partial charge in [0, 0.05) is 25.7 Å². The Bertz CT molecular complexity index is 1870. The van der Waals surface area contributed by atoms with E-state index in [1.165, 1.54) is 18.7 Å². The molecule has 50 heavy (non-hydrogen) atoms. The fraction of sp³-hybridized carbons (Fsp3) is 0.368. The molecule has 0 radical (unpaired) electrons. The van der Waals surface area contributed by atoms with Crippen molar-refractivity contribution in [1.82, 2.24) is 9.80 Å². The molecular weight excluding hydrogens is 660 g/mol. The number of rotatable bonds is 6. The number of benzene rings is 3. The zero-order valence-corrected chi connectivity index (χ0v) is 30.3. The lowest BCUT2D eigenvalue weighted by atomic mass is 9.88. The molecule has 1 atom stereocenters. The molecule has 0 spiro atoms. The van der Waals surface area contributed by atoms with E-state index in [4.69, 9.17) is 28.4 Å². The van der Waals surface area contributed by atoms with Crippen molar-refractivity contribution in [3.8, 4) is 34.5 Å². The van der Waals surface area contributed by atoms with Crippen LogP contribution in [0.3, 0.4) is 0 Å². The highest BCUT2D eigenvalue weighted by Crippen LogP contribution is 2.45. The quantitative estimate of drug-likeness (QED) is 0.228. The number of fused-ring (bicyclic) bond motifs is 9. The normalized spacial score (nSPS) is 19.5. The van der Waals surface area contributed by atoms with Gasteiger partial charge in [0.05, 0.1) is 33.8 Å². The number of hydrogen-bond acceptors (Lipinski definition) is 10. The lowest BCUT2D eigenvalue weighted by Gasteiger charge is -2.35. The van der Waals surface area contributed by atoms with Gasteiger partial charge in [-0.05, 0) is 110 Å². The number of allylic oxidation sites excluding steroid dienone is 1. The van der Waals surface area contributed by atoms with Gasteiger partial charge >= 0.3 is 0 Å². The summed E-state index contributed by atoms with van der Waals surface area (Å²) in [6.07, 6.45) is 4.04. The second kappa shape index (κ2) is 16.0. The van der Waals surface area contributed by atoms with E-state index in [1.54, 1.807) is 21.3 Å². The summed E-state index contributed by atoms with van der Waals surface area (Å²) in [6, 6.07) is 15.8. The van der Waals surface area contributed by atoms with Gasteiger partial charge < -0.3 is 33.3 Å². The molecule has 3 aliphatic rings. The monoisotopic (exact) mass is 706 g/mol. The van der Waals surface area contributed by atoms with E-state index in [0.717, 1.165) is 41.5 Å². The van der Waals surface area contributed by atoms with Crippen LogP contribution in [-0.2, 0) is 34.1 Å². The Balaban J connectivity index is 1.62. The van der Waals surface area contributed by atoms with Crippen molar-refractivity contribution in [3.63, 3.8) is 0 Å². The van der Waals surface area contributed by atoms with Crippen molar-refractivity contribution in [2.75, 3.05) is 62.2 Å². The fourth-order valence-electron chi connectivity index (χ4n) is 6.25. The van der Waals surface area contributed by atoms with Crippen LogP contribution in [0.15, 0.2) is 83.7 Å². The van der Waals surface area contributed by atoms with Crippen LogP contribution in [0.25, 0.3) is 0 Å². The summed E-state index contributed by atoms with van der Waals surface area (Å²) in [5.74, 6) is 3.64. The largest absolute Gasteiger partial charge is 0.493 e. The van der Waals surface area contributed by atoms with Crippen LogP contribution < -0.4 is 23.7 Å². The van der Waals surface area contributed by atoms with Gasteiger partial charge in [0.25, 0.3) is 10.1 Å². The average molecular weight is 707 g/mol. The van der Waals surface area contributed by atoms with E-state index in [9.17, 15) is 13.0 Å². The highest BCUT2D eigenvalue weighted by molar-refractivity contribution is 7.88. The maximum Gasteiger partial charge on any atom is 0.287 e. The summed E-state index contributed by atoms with van der Waals surface area (Å²) < 4.78 is 69.2. The summed E-state index contributed by atoms with van der Waals surface area (Å²) in [5.41, 5.74) is 4.71. The van der Waals surface area contributed by atoms with Gasteiger partial charge in [0.1, 0.15) is 5.75 Å². The number of ether oxygens (including phenoxy) is 6. The number of likely N-dealkylation sites (N-methyl/N-ethyl adjacent to an activating group) is 2. The molecule has 6 bridgehead atoms. The summed E-state index contributed by atoms with van der Waals surface area (Å²) in [7, 11) is 5.88. The fourth-order valence-corrected chi connectivity index (χ4v) is 6.82. The molecule has 0 saturated heterocycles. The van der Waals surface area contributed by atoms with Gasteiger partial charge in [-0.25, -0.2) is 0 Å². The summed E-state index contributed by atoms with van der Waals surface area (Å²) in [5, 5.41) is 0.824. The molecule has 12 heteroatoms. The van der Waals surface area contributed by atoms with Crippen molar-refractivity contribution in [1.29, 1.82) is 0 Å². The summed E-state index contributed by atoms with van der Waals surface area (Å²) in [4.78, 5) is 4.40. The van der Waals surface area contributed by atoms with Crippen LogP contribution in [0.5, 0.6) is 34.5 Å². The summed E-state index contributed by atoms with van der Waals surface area (Å²) >= 11 is 0. The zero-order valence-electron chi connectivity index (χ0n) is 29.5. The van der Waals surface area contributed by atoms with E-state index in [2.05, 4.69) is 35.6 Å². The smallest absolute Gasteiger partial charge is 0.287 e. The Kier molecular flexibility index (Phi) is 11.8. The third-order valence-electron chi connectivity index (χ3n) is 9.06. The Hall–Kier alpha value is -4.49. The number of nitrogens with zero attached hydrogens (tertiary/aromatic N) is 2. The number of hydrogen-bond donors (Lipinski definition) is 1. The molecule has 3 aromatic carbocycles. The SMILES string of the molecule is C=C(OC)/C1=C\C(=C\S(=O)(=O)O)CCN(C)CCc2cc(OC)c(OC)c(c2)Oc2cc3c(cc2OC)CCN(C)[C@H]3Cc2ccc(cc2)O1. The first-order valence-corrected chi connectivity index (χ1v) is 17.8. The van der Waals surface area contributed by atoms with E-state index >= 15 is 0 Å². The molecule has 0 aliphatic carbocycles. The lowest BCUT2D eigenvalue weighted by molar-refractivity contribution is 0.228. The molecule has 3 aromatic rings. The van der Waals surface area contributed by atoms with E-state index in [1.807, 2.05) is 43.4 Å². The maximum absolute atomic E-state index is 12.0. The van der Waals surface area contributed by atoms with Crippen molar-refractivity contribution in [2.45, 2.75) is 31.7 Å². The molecular formula is C38H46N2O9S. The van der Waals surface area contributed by atoms with Crippen LogP contribution in [0.2, 0.25) is 0 Å². The lowest BCUT2D eigenvalue weighted by Crippen LogP contribution is -2.33. The molecule has 1 N–H and O–H groups in total. The third kappa shape index (κ3) is 8.99. The molecule has 3 aliphatic heterocycles. The molecule has 11 nitrogen and oxygen atoms in total. The Morgan fingerprint density at radius 2 is 1.58 bits per heavy atom. The first kappa shape index (κ1) is 36.8. The predicted octanol–water partition coefficient (Wildman–Crippen LogP) is 6.35. The van der Waals surface area contributed by atoms with Crippen molar-refractivity contribution < 1.29 is 41.4 Å².